The molecular formula is C15H41NO. The molecule has 0 radical (unpaired) electrons. The summed E-state index contributed by atoms with van der Waals surface area (Å²) >= 11 is 0. The third-order valence-electron chi connectivity index (χ3n) is 1.13. The topological polar surface area (TPSA) is 20.3 Å². The third kappa shape index (κ3) is 140. The summed E-state index contributed by atoms with van der Waals surface area (Å²) in [7, 11) is 3.45. The Hall–Kier alpha value is -0.530. The number of nitrogens with zero attached hydrogens (tertiary/aromatic N) is 1. The normalized spacial score (nSPS) is 6.65. The van der Waals surface area contributed by atoms with Crippen molar-refractivity contribution in [2.45, 2.75) is 76.7 Å². The first-order valence-corrected chi connectivity index (χ1v) is 5.47. The van der Waals surface area contributed by atoms with Crippen LogP contribution in [0.15, 0.2) is 0 Å². The lowest BCUT2D eigenvalue weighted by atomic mass is 10.3. The van der Waals surface area contributed by atoms with Gasteiger partial charge >= 0.3 is 0 Å². The van der Waals surface area contributed by atoms with Crippen LogP contribution in [0.3, 0.4) is 0 Å². The molecule has 0 fully saturated rings. The van der Waals surface area contributed by atoms with Crippen molar-refractivity contribution in [3.8, 4) is 0 Å². The lowest BCUT2D eigenvalue weighted by Gasteiger charge is -2.02. The molecule has 0 aromatic rings. The standard InChI is InChI=1S/C4H9NO.2C4H10.3CH4/c1-4(6)5(2)3;1-4(2)3;1-3-4-2;;;/h1-3H3;4H,1-3H3;3-4H2,1-2H3;3*1H4. The van der Waals surface area contributed by atoms with Gasteiger partial charge in [0.15, 0.2) is 0 Å². The molecule has 2 heteroatoms. The summed E-state index contributed by atoms with van der Waals surface area (Å²) in [6.07, 6.45) is 2.64. The number of hydrogen-bond acceptors (Lipinski definition) is 1. The van der Waals surface area contributed by atoms with Gasteiger partial charge in [-0.3, -0.25) is 4.79 Å². The highest BCUT2D eigenvalue weighted by atomic mass is 16.2. The molecule has 2 nitrogen and oxygen atoms in total. The first-order valence-electron chi connectivity index (χ1n) is 5.47. The van der Waals surface area contributed by atoms with Gasteiger partial charge in [-0.05, 0) is 5.92 Å². The quantitative estimate of drug-likeness (QED) is 0.605. The molecule has 0 heterocycles. The number of rotatable bonds is 1. The molecule has 0 aliphatic rings. The van der Waals surface area contributed by atoms with Crippen molar-refractivity contribution in [1.82, 2.24) is 4.90 Å². The first-order chi connectivity index (χ1) is 6.29. The highest BCUT2D eigenvalue weighted by molar-refractivity contribution is 5.72. The minimum atomic E-state index is 0. The van der Waals surface area contributed by atoms with E-state index in [0.717, 1.165) is 5.92 Å². The van der Waals surface area contributed by atoms with Crippen LogP contribution in [0.25, 0.3) is 0 Å². The minimum Gasteiger partial charge on any atom is -0.349 e. The maximum Gasteiger partial charge on any atom is 0.218 e. The zero-order chi connectivity index (χ0) is 12.1. The van der Waals surface area contributed by atoms with Crippen LogP contribution in [0.1, 0.15) is 76.7 Å². The summed E-state index contributed by atoms with van der Waals surface area (Å²) in [5.74, 6) is 0.926. The molecule has 0 aromatic carbocycles. The van der Waals surface area contributed by atoms with Gasteiger partial charge in [0.05, 0.1) is 0 Å². The molecule has 0 saturated heterocycles. The van der Waals surface area contributed by atoms with Gasteiger partial charge in [-0.1, -0.05) is 69.7 Å². The van der Waals surface area contributed by atoms with Crippen LogP contribution >= 0.6 is 0 Å². The van der Waals surface area contributed by atoms with E-state index in [4.69, 9.17) is 0 Å². The monoisotopic (exact) mass is 251 g/mol. The summed E-state index contributed by atoms with van der Waals surface area (Å²) < 4.78 is 0. The minimum absolute atomic E-state index is 0. The molecule has 1 amide bonds. The Bertz CT molecular complexity index is 105. The van der Waals surface area contributed by atoms with Gasteiger partial charge in [-0.25, -0.2) is 0 Å². The van der Waals surface area contributed by atoms with Crippen molar-refractivity contribution in [3.63, 3.8) is 0 Å². The number of unbranched alkanes of at least 4 members (excludes halogenated alkanes) is 1. The number of amides is 1. The third-order valence-corrected chi connectivity index (χ3v) is 1.13. The zero-order valence-corrected chi connectivity index (χ0v) is 11.3. The van der Waals surface area contributed by atoms with Crippen molar-refractivity contribution in [2.75, 3.05) is 14.1 Å². The van der Waals surface area contributed by atoms with Crippen molar-refractivity contribution < 1.29 is 4.79 Å². The van der Waals surface area contributed by atoms with Gasteiger partial charge in [0, 0.05) is 21.0 Å². The maximum absolute atomic E-state index is 10.1. The fraction of sp³-hybridized carbons (Fsp3) is 0.933. The van der Waals surface area contributed by atoms with Crippen LogP contribution in [-0.2, 0) is 4.79 Å². The van der Waals surface area contributed by atoms with Crippen molar-refractivity contribution in [3.05, 3.63) is 0 Å². The molecule has 0 bridgehead atoms. The Kier molecular flexibility index (Phi) is 62.5. The van der Waals surface area contributed by atoms with Gasteiger partial charge in [-0.15, -0.1) is 0 Å². The summed E-state index contributed by atoms with van der Waals surface area (Å²) in [6.45, 7) is 12.4. The summed E-state index contributed by atoms with van der Waals surface area (Å²) in [5, 5.41) is 0. The van der Waals surface area contributed by atoms with E-state index in [9.17, 15) is 4.79 Å². The number of hydrogen-bond donors (Lipinski definition) is 0. The average Bonchev–Trinajstić information content (AvgIpc) is 2.03. The van der Waals surface area contributed by atoms with E-state index in [1.165, 1.54) is 24.7 Å². The van der Waals surface area contributed by atoms with Crippen molar-refractivity contribution >= 4 is 5.91 Å². The van der Waals surface area contributed by atoms with E-state index in [2.05, 4.69) is 34.6 Å². The largest absolute Gasteiger partial charge is 0.349 e. The zero-order valence-electron chi connectivity index (χ0n) is 11.3. The van der Waals surface area contributed by atoms with Crippen LogP contribution < -0.4 is 0 Å². The molecule has 0 atom stereocenters. The smallest absolute Gasteiger partial charge is 0.218 e. The number of carbonyl (C=O) groups is 1. The Morgan fingerprint density at radius 3 is 1.06 bits per heavy atom. The lowest BCUT2D eigenvalue weighted by Crippen LogP contribution is -2.17. The van der Waals surface area contributed by atoms with Gasteiger partial charge in [0.1, 0.15) is 0 Å². The molecule has 0 aliphatic carbocycles. The average molecular weight is 251 g/mol. The van der Waals surface area contributed by atoms with E-state index in [0.29, 0.717) is 0 Å². The fourth-order valence-corrected chi connectivity index (χ4v) is 0. The molecule has 112 valence electrons. The van der Waals surface area contributed by atoms with Crippen LogP contribution in [0.5, 0.6) is 0 Å². The van der Waals surface area contributed by atoms with Crippen LogP contribution in [-0.4, -0.2) is 24.9 Å². The second-order valence-electron chi connectivity index (χ2n) is 4.15. The predicted octanol–water partition coefficient (Wildman–Crippen LogP) is 5.47. The molecule has 0 aliphatic heterocycles. The molecule has 0 rings (SSSR count). The molecule has 0 N–H and O–H groups in total. The van der Waals surface area contributed by atoms with E-state index in [-0.39, 0.29) is 28.2 Å². The second-order valence-corrected chi connectivity index (χ2v) is 4.15. The Balaban J connectivity index is -0.0000000252. The SMILES string of the molecule is C.C.C.CC(=O)N(C)C.CC(C)C.CCCC. The van der Waals surface area contributed by atoms with E-state index in [1.54, 1.807) is 14.1 Å². The van der Waals surface area contributed by atoms with E-state index >= 15 is 0 Å². The molecular weight excluding hydrogens is 210 g/mol. The summed E-state index contributed by atoms with van der Waals surface area (Å²) in [5.41, 5.74) is 0. The fourth-order valence-electron chi connectivity index (χ4n) is 0. The predicted molar refractivity (Wildman–Crippen MR) is 85.7 cm³/mol. The van der Waals surface area contributed by atoms with Gasteiger partial charge < -0.3 is 4.90 Å². The first kappa shape index (κ1) is 36.0. The highest BCUT2D eigenvalue weighted by Gasteiger charge is 1.87. The Morgan fingerprint density at radius 2 is 1.06 bits per heavy atom. The van der Waals surface area contributed by atoms with Crippen LogP contribution in [0.2, 0.25) is 0 Å². The summed E-state index contributed by atoms with van der Waals surface area (Å²) in [4.78, 5) is 11.6. The van der Waals surface area contributed by atoms with Crippen molar-refractivity contribution in [2.24, 2.45) is 5.92 Å². The highest BCUT2D eigenvalue weighted by Crippen LogP contribution is 1.81. The van der Waals surface area contributed by atoms with E-state index in [1.807, 2.05) is 0 Å². The second kappa shape index (κ2) is 29.5. The molecule has 0 aromatic heterocycles. The van der Waals surface area contributed by atoms with Gasteiger partial charge in [0.2, 0.25) is 5.91 Å². The Labute approximate surface area is 113 Å². The van der Waals surface area contributed by atoms with E-state index < -0.39 is 0 Å². The lowest BCUT2D eigenvalue weighted by molar-refractivity contribution is -0.126. The van der Waals surface area contributed by atoms with Crippen LogP contribution in [0.4, 0.5) is 0 Å². The molecule has 0 saturated carbocycles. The molecule has 17 heavy (non-hydrogen) atoms. The maximum atomic E-state index is 10.1. The Morgan fingerprint density at radius 1 is 0.941 bits per heavy atom. The summed E-state index contributed by atoms with van der Waals surface area (Å²) in [6, 6.07) is 0. The molecule has 0 spiro atoms. The number of carbonyl (C=O) groups excluding carboxylic acids is 1. The van der Waals surface area contributed by atoms with Crippen LogP contribution in [0, 0.1) is 5.92 Å². The van der Waals surface area contributed by atoms with Gasteiger partial charge in [-0.2, -0.15) is 0 Å². The van der Waals surface area contributed by atoms with Gasteiger partial charge in [0.25, 0.3) is 0 Å². The van der Waals surface area contributed by atoms with Crippen molar-refractivity contribution in [1.29, 1.82) is 0 Å². The molecule has 0 unspecified atom stereocenters.